The Bertz CT molecular complexity index is 517. The van der Waals surface area contributed by atoms with E-state index in [0.29, 0.717) is 5.69 Å². The van der Waals surface area contributed by atoms with Crippen LogP contribution < -0.4 is 0 Å². The molecule has 3 rings (SSSR count). The van der Waals surface area contributed by atoms with E-state index in [1.165, 1.54) is 0 Å². The molecule has 1 aliphatic rings. The Kier molecular flexibility index (Phi) is 1.55. The molecule has 0 amide bonds. The van der Waals surface area contributed by atoms with E-state index >= 15 is 0 Å². The van der Waals surface area contributed by atoms with Crippen LogP contribution in [-0.4, -0.2) is 20.2 Å². The van der Waals surface area contributed by atoms with Crippen LogP contribution in [0.25, 0.3) is 11.3 Å². The molecular weight excluding hydrogens is 192 g/mol. The Balaban J connectivity index is 2.34. The van der Waals surface area contributed by atoms with Gasteiger partial charge in [0, 0.05) is 24.4 Å². The largest absolute Gasteiger partial charge is 0.361 e. The predicted octanol–water partition coefficient (Wildman–Crippen LogP) is 0.770. The highest BCUT2D eigenvalue weighted by Crippen LogP contribution is 2.38. The Labute approximate surface area is 86.2 Å². The van der Waals surface area contributed by atoms with Gasteiger partial charge in [0.15, 0.2) is 0 Å². The van der Waals surface area contributed by atoms with Crippen molar-refractivity contribution in [3.05, 3.63) is 41.9 Å². The van der Waals surface area contributed by atoms with E-state index in [-0.39, 0.29) is 6.42 Å². The maximum Gasteiger partial charge on any atom is 0.212 e. The molecule has 0 aliphatic heterocycles. The molecule has 0 atom stereocenters. The van der Waals surface area contributed by atoms with E-state index in [0.717, 1.165) is 16.8 Å². The van der Waals surface area contributed by atoms with Gasteiger partial charge in [-0.3, -0.25) is 4.98 Å². The van der Waals surface area contributed by atoms with Gasteiger partial charge in [-0.05, 0) is 23.8 Å². The average Bonchev–Trinajstić information content (AvgIpc) is 2.65. The highest BCUT2D eigenvalue weighted by Gasteiger charge is 2.36. The molecule has 2 aromatic heterocycles. The molecule has 1 aliphatic carbocycles. The fourth-order valence-electron chi connectivity index (χ4n) is 2.08. The number of nitrogens with one attached hydrogen (secondary N) is 1. The quantitative estimate of drug-likeness (QED) is 0.553. The third kappa shape index (κ3) is 1.12. The highest BCUT2D eigenvalue weighted by molar-refractivity contribution is 5.69. The van der Waals surface area contributed by atoms with Crippen molar-refractivity contribution in [1.29, 1.82) is 0 Å². The first kappa shape index (κ1) is 8.64. The van der Waals surface area contributed by atoms with Crippen molar-refractivity contribution in [2.24, 2.45) is 0 Å². The number of hydrogen-bond donors (Lipinski definition) is 3. The molecular formula is C11H10N2O2. The lowest BCUT2D eigenvalue weighted by Crippen LogP contribution is -2.32. The molecule has 2 aromatic rings. The second-order valence-corrected chi connectivity index (χ2v) is 3.77. The minimum Gasteiger partial charge on any atom is -0.361 e. The molecule has 0 aromatic carbocycles. The van der Waals surface area contributed by atoms with Crippen LogP contribution in [0, 0.1) is 0 Å². The van der Waals surface area contributed by atoms with Crippen LogP contribution in [0.4, 0.5) is 0 Å². The number of aliphatic hydroxyl groups is 2. The van der Waals surface area contributed by atoms with Crippen molar-refractivity contribution in [2.75, 3.05) is 0 Å². The van der Waals surface area contributed by atoms with Gasteiger partial charge >= 0.3 is 0 Å². The molecule has 4 nitrogen and oxygen atoms in total. The van der Waals surface area contributed by atoms with Gasteiger partial charge in [-0.25, -0.2) is 0 Å². The number of hydrogen-bond acceptors (Lipinski definition) is 3. The molecule has 0 radical (unpaired) electrons. The van der Waals surface area contributed by atoms with E-state index in [4.69, 9.17) is 0 Å². The first-order chi connectivity index (χ1) is 7.18. The van der Waals surface area contributed by atoms with Crippen LogP contribution in [0.2, 0.25) is 0 Å². The lowest BCUT2D eigenvalue weighted by Gasteiger charge is -2.27. The number of pyridine rings is 1. The second kappa shape index (κ2) is 2.68. The summed E-state index contributed by atoms with van der Waals surface area (Å²) in [5.41, 5.74) is 2.91. The summed E-state index contributed by atoms with van der Waals surface area (Å²) >= 11 is 0. The van der Waals surface area contributed by atoms with Crippen molar-refractivity contribution in [3.8, 4) is 11.3 Å². The van der Waals surface area contributed by atoms with Crippen molar-refractivity contribution >= 4 is 0 Å². The van der Waals surface area contributed by atoms with Gasteiger partial charge in [0.1, 0.15) is 5.69 Å². The molecule has 3 N–H and O–H groups in total. The van der Waals surface area contributed by atoms with E-state index in [2.05, 4.69) is 9.97 Å². The Morgan fingerprint density at radius 2 is 2.20 bits per heavy atom. The summed E-state index contributed by atoms with van der Waals surface area (Å²) in [4.78, 5) is 7.12. The summed E-state index contributed by atoms with van der Waals surface area (Å²) in [5.74, 6) is -1.86. The van der Waals surface area contributed by atoms with Gasteiger partial charge in [-0.15, -0.1) is 0 Å². The van der Waals surface area contributed by atoms with Crippen LogP contribution in [-0.2, 0) is 12.2 Å². The van der Waals surface area contributed by atoms with Crippen LogP contribution in [0.5, 0.6) is 0 Å². The predicted molar refractivity (Wildman–Crippen MR) is 53.8 cm³/mol. The van der Waals surface area contributed by atoms with Crippen molar-refractivity contribution in [2.45, 2.75) is 12.2 Å². The molecule has 76 valence electrons. The summed E-state index contributed by atoms with van der Waals surface area (Å²) in [6.07, 6.45) is 3.53. The summed E-state index contributed by atoms with van der Waals surface area (Å²) < 4.78 is 0. The minimum atomic E-state index is -1.86. The molecule has 4 heteroatoms. The van der Waals surface area contributed by atoms with Crippen LogP contribution in [0.1, 0.15) is 11.3 Å². The number of rotatable bonds is 0. The lowest BCUT2D eigenvalue weighted by atomic mass is 9.89. The minimum absolute atomic E-state index is 0.176. The highest BCUT2D eigenvalue weighted by atomic mass is 16.5. The summed E-state index contributed by atoms with van der Waals surface area (Å²) in [6, 6.07) is 5.47. The summed E-state index contributed by atoms with van der Waals surface area (Å²) in [7, 11) is 0. The molecule has 0 unspecified atom stereocenters. The number of fused-ring (bicyclic) bond motifs is 3. The monoisotopic (exact) mass is 202 g/mol. The van der Waals surface area contributed by atoms with E-state index in [1.54, 1.807) is 18.5 Å². The Hall–Kier alpha value is -1.65. The van der Waals surface area contributed by atoms with E-state index in [1.807, 2.05) is 12.1 Å². The molecule has 0 bridgehead atoms. The standard InChI is InChI=1S/C11H10N2O2/c14-11(15)6-7-3-5-12-9(7)8-2-1-4-13-10(8)11/h1-5,12,14-15H,6H2. The van der Waals surface area contributed by atoms with Gasteiger partial charge in [-0.2, -0.15) is 0 Å². The number of aromatic amines is 1. The van der Waals surface area contributed by atoms with Crippen LogP contribution >= 0.6 is 0 Å². The second-order valence-electron chi connectivity index (χ2n) is 3.77. The third-order valence-electron chi connectivity index (χ3n) is 2.73. The average molecular weight is 202 g/mol. The molecule has 0 saturated carbocycles. The zero-order valence-electron chi connectivity index (χ0n) is 7.94. The third-order valence-corrected chi connectivity index (χ3v) is 2.73. The fourth-order valence-corrected chi connectivity index (χ4v) is 2.08. The van der Waals surface area contributed by atoms with Gasteiger partial charge in [0.05, 0.1) is 5.69 Å². The van der Waals surface area contributed by atoms with Gasteiger partial charge < -0.3 is 15.2 Å². The van der Waals surface area contributed by atoms with E-state index < -0.39 is 5.79 Å². The molecule has 0 saturated heterocycles. The summed E-state index contributed by atoms with van der Waals surface area (Å²) in [6.45, 7) is 0. The topological polar surface area (TPSA) is 69.1 Å². The molecule has 0 fully saturated rings. The van der Waals surface area contributed by atoms with Crippen LogP contribution in [0.3, 0.4) is 0 Å². The normalized spacial score (nSPS) is 16.9. The first-order valence-corrected chi connectivity index (χ1v) is 4.75. The number of H-pyrrole nitrogens is 1. The zero-order chi connectivity index (χ0) is 10.5. The fraction of sp³-hybridized carbons (Fsp3) is 0.182. The van der Waals surface area contributed by atoms with Crippen molar-refractivity contribution < 1.29 is 10.2 Å². The SMILES string of the molecule is OC1(O)Cc2cc[nH]c2-c2cccnc21. The summed E-state index contributed by atoms with van der Waals surface area (Å²) in [5, 5.41) is 19.7. The Morgan fingerprint density at radius 1 is 1.33 bits per heavy atom. The first-order valence-electron chi connectivity index (χ1n) is 4.75. The maximum absolute atomic E-state index is 9.87. The van der Waals surface area contributed by atoms with Crippen LogP contribution in [0.15, 0.2) is 30.6 Å². The maximum atomic E-state index is 9.87. The molecule has 15 heavy (non-hydrogen) atoms. The van der Waals surface area contributed by atoms with E-state index in [9.17, 15) is 10.2 Å². The lowest BCUT2D eigenvalue weighted by molar-refractivity contribution is -0.171. The smallest absolute Gasteiger partial charge is 0.212 e. The molecule has 0 spiro atoms. The van der Waals surface area contributed by atoms with Crippen molar-refractivity contribution in [3.63, 3.8) is 0 Å². The Morgan fingerprint density at radius 3 is 3.07 bits per heavy atom. The van der Waals surface area contributed by atoms with Gasteiger partial charge in [-0.1, -0.05) is 0 Å². The zero-order valence-corrected chi connectivity index (χ0v) is 7.94. The number of aromatic nitrogens is 2. The van der Waals surface area contributed by atoms with Gasteiger partial charge in [0.2, 0.25) is 5.79 Å². The molecule has 2 heterocycles. The van der Waals surface area contributed by atoms with Crippen molar-refractivity contribution in [1.82, 2.24) is 9.97 Å². The van der Waals surface area contributed by atoms with Gasteiger partial charge in [0.25, 0.3) is 0 Å². The number of nitrogens with zero attached hydrogens (tertiary/aromatic N) is 1.